The van der Waals surface area contributed by atoms with E-state index in [1.807, 2.05) is 19.9 Å². The highest BCUT2D eigenvalue weighted by molar-refractivity contribution is 5.93. The van der Waals surface area contributed by atoms with Crippen LogP contribution in [0.25, 0.3) is 0 Å². The molecule has 1 atom stereocenters. The van der Waals surface area contributed by atoms with Crippen molar-refractivity contribution in [2.45, 2.75) is 32.5 Å². The van der Waals surface area contributed by atoms with Crippen molar-refractivity contribution in [3.8, 4) is 11.5 Å². The van der Waals surface area contributed by atoms with Crippen LogP contribution in [0.15, 0.2) is 48.5 Å². The van der Waals surface area contributed by atoms with Crippen molar-refractivity contribution in [1.29, 1.82) is 0 Å². The molecule has 2 rings (SSSR count). The van der Waals surface area contributed by atoms with Gasteiger partial charge in [-0.1, -0.05) is 44.2 Å². The molecule has 24 heavy (non-hydrogen) atoms. The number of para-hydroxylation sites is 2. The van der Waals surface area contributed by atoms with E-state index in [1.54, 1.807) is 18.2 Å². The van der Waals surface area contributed by atoms with Gasteiger partial charge in [-0.3, -0.25) is 0 Å². The molecule has 0 saturated heterocycles. The first-order valence-corrected chi connectivity index (χ1v) is 7.47. The van der Waals surface area contributed by atoms with Crippen LogP contribution in [-0.4, -0.2) is 12.3 Å². The summed E-state index contributed by atoms with van der Waals surface area (Å²) in [5, 5.41) is 0. The first-order valence-electron chi connectivity index (χ1n) is 7.47. The number of rotatable bonds is 5. The molecule has 2 aromatic carbocycles. The summed E-state index contributed by atoms with van der Waals surface area (Å²) in [6.07, 6.45) is -4.05. The van der Waals surface area contributed by atoms with Crippen LogP contribution < -0.4 is 9.47 Å². The molecule has 0 amide bonds. The van der Waals surface area contributed by atoms with Crippen molar-refractivity contribution in [2.75, 3.05) is 0 Å². The molecule has 0 saturated carbocycles. The zero-order chi connectivity index (χ0) is 17.7. The van der Waals surface area contributed by atoms with Crippen LogP contribution >= 0.6 is 0 Å². The molecule has 0 spiro atoms. The molecule has 0 N–H and O–H groups in total. The fraction of sp³-hybridized carbons (Fsp3) is 0.278. The topological polar surface area (TPSA) is 35.5 Å². The minimum absolute atomic E-state index is 0.121. The number of halogens is 3. The zero-order valence-electron chi connectivity index (χ0n) is 13.3. The molecule has 0 bridgehead atoms. The van der Waals surface area contributed by atoms with Crippen molar-refractivity contribution >= 4 is 5.97 Å². The predicted octanol–water partition coefficient (Wildman–Crippen LogP) is 5.32. The lowest BCUT2D eigenvalue weighted by molar-refractivity contribution is -0.275. The van der Waals surface area contributed by atoms with Gasteiger partial charge in [-0.05, 0) is 36.1 Å². The van der Waals surface area contributed by atoms with Crippen molar-refractivity contribution < 1.29 is 27.4 Å². The number of ether oxygens (including phenoxy) is 2. The average molecular weight is 338 g/mol. The number of hydrogen-bond acceptors (Lipinski definition) is 3. The highest BCUT2D eigenvalue weighted by Gasteiger charge is 2.32. The molecule has 0 aliphatic heterocycles. The number of carbonyl (C=O) groups excluding carboxylic acids is 1. The summed E-state index contributed by atoms with van der Waals surface area (Å²) < 4.78 is 46.3. The first kappa shape index (κ1) is 17.8. The van der Waals surface area contributed by atoms with Crippen molar-refractivity contribution in [2.24, 2.45) is 0 Å². The molecule has 2 aromatic rings. The second-order valence-electron chi connectivity index (χ2n) is 5.28. The van der Waals surface area contributed by atoms with Gasteiger partial charge < -0.3 is 9.47 Å². The van der Waals surface area contributed by atoms with Gasteiger partial charge in [-0.2, -0.15) is 0 Å². The van der Waals surface area contributed by atoms with Crippen LogP contribution in [0.1, 0.15) is 42.1 Å². The van der Waals surface area contributed by atoms with Gasteiger partial charge in [-0.25, -0.2) is 4.79 Å². The van der Waals surface area contributed by atoms with Gasteiger partial charge in [0.1, 0.15) is 0 Å². The van der Waals surface area contributed by atoms with E-state index in [-0.39, 0.29) is 11.7 Å². The summed E-state index contributed by atoms with van der Waals surface area (Å²) in [5.41, 5.74) is 1.12. The molecule has 0 heterocycles. The molecule has 0 fully saturated rings. The van der Waals surface area contributed by atoms with E-state index < -0.39 is 18.1 Å². The van der Waals surface area contributed by atoms with Crippen molar-refractivity contribution in [3.63, 3.8) is 0 Å². The fourth-order valence-electron chi connectivity index (χ4n) is 2.23. The molecule has 0 aliphatic carbocycles. The third-order valence-corrected chi connectivity index (χ3v) is 3.60. The summed E-state index contributed by atoms with van der Waals surface area (Å²) >= 11 is 0. The number of carbonyl (C=O) groups is 1. The Morgan fingerprint density at radius 3 is 2.25 bits per heavy atom. The minimum Gasteiger partial charge on any atom is -0.419 e. The lowest BCUT2D eigenvalue weighted by atomic mass is 9.94. The summed E-state index contributed by atoms with van der Waals surface area (Å²) in [6.45, 7) is 3.95. The van der Waals surface area contributed by atoms with E-state index >= 15 is 0 Å². The Bertz CT molecular complexity index is 711. The van der Waals surface area contributed by atoms with Crippen molar-refractivity contribution in [1.82, 2.24) is 0 Å². The van der Waals surface area contributed by atoms with Crippen LogP contribution in [-0.2, 0) is 0 Å². The van der Waals surface area contributed by atoms with Gasteiger partial charge in [0.25, 0.3) is 0 Å². The summed E-state index contributed by atoms with van der Waals surface area (Å²) in [4.78, 5) is 12.4. The Kier molecular flexibility index (Phi) is 5.49. The third kappa shape index (κ3) is 4.50. The SMILES string of the molecule is CCC(C)c1ccccc1C(=O)Oc1ccccc1OC(F)(F)F. The molecule has 128 valence electrons. The van der Waals surface area contributed by atoms with Crippen LogP contribution in [0.3, 0.4) is 0 Å². The second-order valence-corrected chi connectivity index (χ2v) is 5.28. The Balaban J connectivity index is 2.29. The first-order chi connectivity index (χ1) is 11.3. The second kappa shape index (κ2) is 7.38. The minimum atomic E-state index is -4.86. The lowest BCUT2D eigenvalue weighted by Crippen LogP contribution is -2.19. The number of hydrogen-bond donors (Lipinski definition) is 0. The molecule has 0 radical (unpaired) electrons. The molecular formula is C18H17F3O3. The van der Waals surface area contributed by atoms with E-state index in [9.17, 15) is 18.0 Å². The molecule has 0 aromatic heterocycles. The summed E-state index contributed by atoms with van der Waals surface area (Å²) in [7, 11) is 0. The maximum atomic E-state index is 12.4. The van der Waals surface area contributed by atoms with Crippen molar-refractivity contribution in [3.05, 3.63) is 59.7 Å². The maximum absolute atomic E-state index is 12.4. The number of alkyl halides is 3. The molecule has 0 aliphatic rings. The van der Waals surface area contributed by atoms with Crippen LogP contribution in [0.4, 0.5) is 13.2 Å². The molecule has 6 heteroatoms. The largest absolute Gasteiger partial charge is 0.573 e. The Labute approximate surface area is 138 Å². The highest BCUT2D eigenvalue weighted by Crippen LogP contribution is 2.33. The molecular weight excluding hydrogens is 321 g/mol. The zero-order valence-corrected chi connectivity index (χ0v) is 13.3. The quantitative estimate of drug-likeness (QED) is 0.547. The maximum Gasteiger partial charge on any atom is 0.573 e. The van der Waals surface area contributed by atoms with Crippen LogP contribution in [0.5, 0.6) is 11.5 Å². The monoisotopic (exact) mass is 338 g/mol. The van der Waals surface area contributed by atoms with Gasteiger partial charge in [0, 0.05) is 0 Å². The number of benzene rings is 2. The van der Waals surface area contributed by atoms with E-state index in [4.69, 9.17) is 4.74 Å². The van der Waals surface area contributed by atoms with E-state index in [0.717, 1.165) is 18.1 Å². The lowest BCUT2D eigenvalue weighted by Gasteiger charge is -2.16. The summed E-state index contributed by atoms with van der Waals surface area (Å²) in [6, 6.07) is 12.1. The summed E-state index contributed by atoms with van der Waals surface area (Å²) in [5.74, 6) is -1.43. The average Bonchev–Trinajstić information content (AvgIpc) is 2.54. The predicted molar refractivity (Wildman–Crippen MR) is 83.2 cm³/mol. The van der Waals surface area contributed by atoms with E-state index in [1.165, 1.54) is 18.2 Å². The van der Waals surface area contributed by atoms with E-state index in [2.05, 4.69) is 4.74 Å². The van der Waals surface area contributed by atoms with Crippen LogP contribution in [0.2, 0.25) is 0 Å². The standard InChI is InChI=1S/C18H17F3O3/c1-3-12(2)13-8-4-5-9-14(13)17(22)23-15-10-6-7-11-16(15)24-18(19,20)21/h4-12H,3H2,1-2H3. The van der Waals surface area contributed by atoms with Gasteiger partial charge in [0.05, 0.1) is 5.56 Å². The fourth-order valence-corrected chi connectivity index (χ4v) is 2.23. The molecule has 3 nitrogen and oxygen atoms in total. The van der Waals surface area contributed by atoms with Gasteiger partial charge in [-0.15, -0.1) is 13.2 Å². The Morgan fingerprint density at radius 1 is 1.04 bits per heavy atom. The number of esters is 1. The van der Waals surface area contributed by atoms with Gasteiger partial charge in [0.2, 0.25) is 0 Å². The normalized spacial score (nSPS) is 12.5. The Morgan fingerprint density at radius 2 is 1.62 bits per heavy atom. The van der Waals surface area contributed by atoms with Gasteiger partial charge in [0.15, 0.2) is 11.5 Å². The third-order valence-electron chi connectivity index (χ3n) is 3.60. The van der Waals surface area contributed by atoms with E-state index in [0.29, 0.717) is 5.56 Å². The smallest absolute Gasteiger partial charge is 0.419 e. The highest BCUT2D eigenvalue weighted by atomic mass is 19.4. The van der Waals surface area contributed by atoms with Crippen LogP contribution in [0, 0.1) is 0 Å². The van der Waals surface area contributed by atoms with Gasteiger partial charge >= 0.3 is 12.3 Å². The molecule has 1 unspecified atom stereocenters. The Hall–Kier alpha value is -2.50.